The lowest BCUT2D eigenvalue weighted by Gasteiger charge is -2.41. The molecule has 2 rings (SSSR count). The van der Waals surface area contributed by atoms with Crippen LogP contribution < -0.4 is 4.90 Å². The molecule has 3 atom stereocenters. The molecule has 5 heteroatoms. The van der Waals surface area contributed by atoms with Gasteiger partial charge < -0.3 is 10.0 Å². The number of carbonyl (C=O) groups is 1. The fraction of sp³-hybridized carbons (Fsp3) is 0.615. The van der Waals surface area contributed by atoms with E-state index in [0.717, 1.165) is 6.54 Å². The van der Waals surface area contributed by atoms with E-state index in [2.05, 4.69) is 35.9 Å². The van der Waals surface area contributed by atoms with Gasteiger partial charge >= 0.3 is 5.97 Å². The van der Waals surface area contributed by atoms with Crippen LogP contribution in [0.15, 0.2) is 12.3 Å². The largest absolute Gasteiger partial charge is 0.478 e. The maximum Gasteiger partial charge on any atom is 0.339 e. The lowest BCUT2D eigenvalue weighted by Crippen LogP contribution is -2.47. The Labute approximate surface area is 107 Å². The van der Waals surface area contributed by atoms with Gasteiger partial charge in [-0.05, 0) is 31.2 Å². The van der Waals surface area contributed by atoms with E-state index in [1.54, 1.807) is 0 Å². The van der Waals surface area contributed by atoms with Crippen LogP contribution >= 0.6 is 0 Å². The van der Waals surface area contributed by atoms with Gasteiger partial charge in [-0.1, -0.05) is 13.8 Å². The van der Waals surface area contributed by atoms with Crippen LogP contribution in [0, 0.1) is 11.8 Å². The highest BCUT2D eigenvalue weighted by molar-refractivity contribution is 5.93. The van der Waals surface area contributed by atoms with Gasteiger partial charge in [-0.3, -0.25) is 0 Å². The number of hydrogen-bond donors (Lipinski definition) is 1. The molecule has 1 saturated heterocycles. The molecule has 1 aliphatic heterocycles. The predicted octanol–water partition coefficient (Wildman–Crippen LogP) is 2.05. The fourth-order valence-corrected chi connectivity index (χ4v) is 2.70. The number of aromatic nitrogens is 2. The molecule has 1 aromatic rings. The molecule has 2 heterocycles. The summed E-state index contributed by atoms with van der Waals surface area (Å²) in [5.74, 6) is 0.617. The highest BCUT2D eigenvalue weighted by Gasteiger charge is 2.31. The van der Waals surface area contributed by atoms with Crippen LogP contribution in [-0.2, 0) is 0 Å². The molecule has 18 heavy (non-hydrogen) atoms. The van der Waals surface area contributed by atoms with E-state index in [0.29, 0.717) is 17.7 Å². The van der Waals surface area contributed by atoms with E-state index in [1.165, 1.54) is 18.7 Å². The Kier molecular flexibility index (Phi) is 3.50. The third kappa shape index (κ3) is 2.30. The molecule has 0 saturated carbocycles. The van der Waals surface area contributed by atoms with Crippen LogP contribution in [0.4, 0.5) is 5.82 Å². The minimum atomic E-state index is -0.946. The van der Waals surface area contributed by atoms with Gasteiger partial charge in [0, 0.05) is 12.6 Å². The number of nitrogens with zero attached hydrogens (tertiary/aromatic N) is 3. The third-order valence-electron chi connectivity index (χ3n) is 3.80. The van der Waals surface area contributed by atoms with E-state index in [9.17, 15) is 9.90 Å². The molecule has 5 nitrogen and oxygen atoms in total. The molecule has 1 N–H and O–H groups in total. The highest BCUT2D eigenvalue weighted by Crippen LogP contribution is 2.31. The van der Waals surface area contributed by atoms with Crippen molar-refractivity contribution in [2.24, 2.45) is 11.8 Å². The van der Waals surface area contributed by atoms with Crippen molar-refractivity contribution in [2.75, 3.05) is 11.4 Å². The van der Waals surface area contributed by atoms with Gasteiger partial charge in [-0.15, -0.1) is 5.10 Å². The minimum absolute atomic E-state index is 0.234. The summed E-state index contributed by atoms with van der Waals surface area (Å²) in [6.45, 7) is 7.34. The Bertz CT molecular complexity index is 450. The van der Waals surface area contributed by atoms with Crippen LogP contribution in [0.2, 0.25) is 0 Å². The van der Waals surface area contributed by atoms with Gasteiger partial charge in [0.15, 0.2) is 5.82 Å². The predicted molar refractivity (Wildman–Crippen MR) is 68.7 cm³/mol. The number of hydrogen-bond acceptors (Lipinski definition) is 4. The number of carboxylic acid groups (broad SMARTS) is 1. The summed E-state index contributed by atoms with van der Waals surface area (Å²) < 4.78 is 0. The lowest BCUT2D eigenvalue weighted by molar-refractivity contribution is 0.0696. The molecular weight excluding hydrogens is 230 g/mol. The third-order valence-corrected chi connectivity index (χ3v) is 3.80. The first-order valence-electron chi connectivity index (χ1n) is 6.32. The van der Waals surface area contributed by atoms with Gasteiger partial charge in [0.2, 0.25) is 0 Å². The molecule has 0 spiro atoms. The summed E-state index contributed by atoms with van der Waals surface area (Å²) in [5.41, 5.74) is 0.234. The molecule has 0 radical (unpaired) electrons. The van der Waals surface area contributed by atoms with Gasteiger partial charge in [0.05, 0.1) is 6.20 Å². The second-order valence-corrected chi connectivity index (χ2v) is 5.28. The Hall–Kier alpha value is -1.65. The standard InChI is InChI=1S/C13H19N3O2/c1-8-6-9(2)10(3)16(7-8)12-11(13(17)18)4-5-14-15-12/h4-5,8-10H,6-7H2,1-3H3,(H,17,18). The Morgan fingerprint density at radius 3 is 2.83 bits per heavy atom. The fourth-order valence-electron chi connectivity index (χ4n) is 2.70. The van der Waals surface area contributed by atoms with E-state index < -0.39 is 5.97 Å². The normalized spacial score (nSPS) is 28.2. The van der Waals surface area contributed by atoms with E-state index in [4.69, 9.17) is 0 Å². The van der Waals surface area contributed by atoms with Crippen molar-refractivity contribution in [1.82, 2.24) is 10.2 Å². The summed E-state index contributed by atoms with van der Waals surface area (Å²) in [4.78, 5) is 13.3. The van der Waals surface area contributed by atoms with Gasteiger partial charge in [-0.25, -0.2) is 4.79 Å². The quantitative estimate of drug-likeness (QED) is 0.868. The second-order valence-electron chi connectivity index (χ2n) is 5.28. The lowest BCUT2D eigenvalue weighted by atomic mass is 9.86. The second kappa shape index (κ2) is 4.92. The summed E-state index contributed by atoms with van der Waals surface area (Å²) in [7, 11) is 0. The van der Waals surface area contributed by atoms with Gasteiger partial charge in [-0.2, -0.15) is 5.10 Å². The number of carboxylic acids is 1. The number of piperidine rings is 1. The van der Waals surface area contributed by atoms with Crippen molar-refractivity contribution in [2.45, 2.75) is 33.2 Å². The van der Waals surface area contributed by atoms with Crippen LogP contribution in [0.25, 0.3) is 0 Å². The van der Waals surface area contributed by atoms with E-state index in [-0.39, 0.29) is 11.6 Å². The maximum atomic E-state index is 11.2. The molecule has 1 aromatic heterocycles. The summed E-state index contributed by atoms with van der Waals surface area (Å²) in [6, 6.07) is 1.80. The van der Waals surface area contributed by atoms with Crippen molar-refractivity contribution < 1.29 is 9.90 Å². The zero-order valence-corrected chi connectivity index (χ0v) is 11.0. The molecule has 0 bridgehead atoms. The SMILES string of the molecule is CC1CC(C)C(C)N(c2nnccc2C(=O)O)C1. The van der Waals surface area contributed by atoms with Crippen molar-refractivity contribution in [1.29, 1.82) is 0 Å². The topological polar surface area (TPSA) is 66.3 Å². The van der Waals surface area contributed by atoms with Crippen molar-refractivity contribution in [3.8, 4) is 0 Å². The number of aromatic carboxylic acids is 1. The molecule has 3 unspecified atom stereocenters. The number of rotatable bonds is 2. The molecule has 98 valence electrons. The number of anilines is 1. The van der Waals surface area contributed by atoms with Gasteiger partial charge in [0.1, 0.15) is 5.56 Å². The maximum absolute atomic E-state index is 11.2. The van der Waals surface area contributed by atoms with Gasteiger partial charge in [0.25, 0.3) is 0 Å². The summed E-state index contributed by atoms with van der Waals surface area (Å²) in [6.07, 6.45) is 2.59. The van der Waals surface area contributed by atoms with Crippen LogP contribution in [0.5, 0.6) is 0 Å². The Morgan fingerprint density at radius 1 is 1.44 bits per heavy atom. The average molecular weight is 249 g/mol. The van der Waals surface area contributed by atoms with E-state index in [1.807, 2.05) is 0 Å². The molecule has 0 aromatic carbocycles. The average Bonchev–Trinajstić information content (AvgIpc) is 2.33. The zero-order chi connectivity index (χ0) is 13.3. The Morgan fingerprint density at radius 2 is 2.17 bits per heavy atom. The van der Waals surface area contributed by atoms with E-state index >= 15 is 0 Å². The molecular formula is C13H19N3O2. The highest BCUT2D eigenvalue weighted by atomic mass is 16.4. The zero-order valence-electron chi connectivity index (χ0n) is 11.0. The molecule has 1 aliphatic rings. The van der Waals surface area contributed by atoms with Crippen LogP contribution in [0.3, 0.4) is 0 Å². The molecule has 0 aliphatic carbocycles. The van der Waals surface area contributed by atoms with Crippen LogP contribution in [0.1, 0.15) is 37.6 Å². The van der Waals surface area contributed by atoms with Crippen molar-refractivity contribution in [3.63, 3.8) is 0 Å². The first-order valence-corrected chi connectivity index (χ1v) is 6.32. The Balaban J connectivity index is 2.38. The van der Waals surface area contributed by atoms with Crippen molar-refractivity contribution >= 4 is 11.8 Å². The first kappa shape index (κ1) is 12.8. The molecule has 1 fully saturated rings. The van der Waals surface area contributed by atoms with Crippen molar-refractivity contribution in [3.05, 3.63) is 17.8 Å². The minimum Gasteiger partial charge on any atom is -0.478 e. The monoisotopic (exact) mass is 249 g/mol. The smallest absolute Gasteiger partial charge is 0.339 e. The van der Waals surface area contributed by atoms with Crippen LogP contribution in [-0.4, -0.2) is 33.9 Å². The summed E-state index contributed by atoms with van der Waals surface area (Å²) >= 11 is 0. The molecule has 0 amide bonds. The summed E-state index contributed by atoms with van der Waals surface area (Å²) in [5, 5.41) is 17.1. The first-order chi connectivity index (χ1) is 8.50.